The van der Waals surface area contributed by atoms with Gasteiger partial charge < -0.3 is 31.3 Å². The van der Waals surface area contributed by atoms with Crippen LogP contribution in [0.25, 0.3) is 5.69 Å². The molecule has 3 atom stereocenters. The van der Waals surface area contributed by atoms with Gasteiger partial charge in [0, 0.05) is 58.1 Å². The largest absolute Gasteiger partial charge is 0.395 e. The topological polar surface area (TPSA) is 134 Å². The number of nitrogens with zero attached hydrogens (tertiary/aromatic N) is 5. The zero-order valence-corrected chi connectivity index (χ0v) is 21.8. The fraction of sp³-hybridized carbons (Fsp3) is 0.593. The predicted octanol–water partition coefficient (Wildman–Crippen LogP) is -0.342. The molecule has 5 N–H and O–H groups in total. The lowest BCUT2D eigenvalue weighted by Gasteiger charge is -2.37. The van der Waals surface area contributed by atoms with Crippen LogP contribution in [0.1, 0.15) is 19.4 Å². The number of piperazine rings is 1. The lowest BCUT2D eigenvalue weighted by atomic mass is 10.0. The summed E-state index contributed by atoms with van der Waals surface area (Å²) in [4.78, 5) is 35.8. The quantitative estimate of drug-likeness (QED) is 0.440. The normalized spacial score (nSPS) is 24.7. The van der Waals surface area contributed by atoms with Gasteiger partial charge in [-0.05, 0) is 61.8 Å². The minimum absolute atomic E-state index is 0.0626. The van der Waals surface area contributed by atoms with E-state index in [9.17, 15) is 14.7 Å². The van der Waals surface area contributed by atoms with Crippen LogP contribution < -0.4 is 22.1 Å². The summed E-state index contributed by atoms with van der Waals surface area (Å²) in [5.41, 5.74) is 12.8. The van der Waals surface area contributed by atoms with Gasteiger partial charge in [-0.15, -0.1) is 0 Å². The smallest absolute Gasteiger partial charge is 0.354 e. The van der Waals surface area contributed by atoms with Crippen LogP contribution in [0.4, 0.5) is 5.82 Å². The van der Waals surface area contributed by atoms with E-state index in [1.54, 1.807) is 29.5 Å². The molecule has 0 bridgehead atoms. The van der Waals surface area contributed by atoms with Crippen molar-refractivity contribution in [3.63, 3.8) is 0 Å². The minimum Gasteiger partial charge on any atom is -0.395 e. The van der Waals surface area contributed by atoms with Crippen LogP contribution >= 0.6 is 0 Å². The van der Waals surface area contributed by atoms with Crippen molar-refractivity contribution < 1.29 is 9.90 Å². The van der Waals surface area contributed by atoms with Crippen LogP contribution in [-0.2, 0) is 11.2 Å². The van der Waals surface area contributed by atoms with Crippen LogP contribution in [0.5, 0.6) is 0 Å². The number of aliphatic hydroxyl groups excluding tert-OH is 1. The summed E-state index contributed by atoms with van der Waals surface area (Å²) in [6, 6.07) is 9.87. The Hall–Kier alpha value is -2.79. The zero-order chi connectivity index (χ0) is 26.3. The van der Waals surface area contributed by atoms with Crippen molar-refractivity contribution in [2.75, 3.05) is 57.3 Å². The van der Waals surface area contributed by atoms with Gasteiger partial charge >= 0.3 is 5.69 Å². The molecule has 37 heavy (non-hydrogen) atoms. The molecular weight excluding hydrogens is 470 g/mol. The van der Waals surface area contributed by atoms with Gasteiger partial charge in [0.25, 0.3) is 0 Å². The molecule has 2 saturated heterocycles. The summed E-state index contributed by atoms with van der Waals surface area (Å²) in [5, 5.41) is 9.28. The number of benzene rings is 1. The van der Waals surface area contributed by atoms with E-state index in [1.807, 2.05) is 23.1 Å². The van der Waals surface area contributed by atoms with Gasteiger partial charge in [-0.2, -0.15) is 4.98 Å². The number of carbonyl (C=O) groups is 1. The highest BCUT2D eigenvalue weighted by Crippen LogP contribution is 2.52. The maximum absolute atomic E-state index is 12.8. The molecule has 10 heteroatoms. The first-order valence-corrected chi connectivity index (χ1v) is 13.3. The summed E-state index contributed by atoms with van der Waals surface area (Å²) < 4.78 is 1.56. The molecule has 1 amide bonds. The van der Waals surface area contributed by atoms with Gasteiger partial charge in [0.1, 0.15) is 5.82 Å². The molecule has 5 rings (SSSR count). The number of likely N-dealkylation sites (tertiary alicyclic amines) is 1. The highest BCUT2D eigenvalue weighted by molar-refractivity contribution is 5.85. The van der Waals surface area contributed by atoms with E-state index in [2.05, 4.69) is 22.0 Å². The predicted molar refractivity (Wildman–Crippen MR) is 143 cm³/mol. The van der Waals surface area contributed by atoms with Crippen LogP contribution in [0.2, 0.25) is 0 Å². The molecule has 3 heterocycles. The number of fused-ring (bicyclic) bond motifs is 1. The highest BCUT2D eigenvalue weighted by Gasteiger charge is 2.57. The molecule has 200 valence electrons. The average Bonchev–Trinajstić information content (AvgIpc) is 3.40. The van der Waals surface area contributed by atoms with Gasteiger partial charge in [0.15, 0.2) is 0 Å². The molecule has 3 unspecified atom stereocenters. The Morgan fingerprint density at radius 3 is 2.32 bits per heavy atom. The van der Waals surface area contributed by atoms with Gasteiger partial charge in [-0.3, -0.25) is 9.36 Å². The Kier molecular flexibility index (Phi) is 7.10. The Morgan fingerprint density at radius 2 is 1.76 bits per heavy atom. The molecule has 3 fully saturated rings. The van der Waals surface area contributed by atoms with Crippen molar-refractivity contribution >= 4 is 11.7 Å². The second-order valence-electron chi connectivity index (χ2n) is 11.4. The monoisotopic (exact) mass is 509 g/mol. The van der Waals surface area contributed by atoms with Crippen molar-refractivity contribution in [1.29, 1.82) is 0 Å². The molecular formula is C27H39N7O3. The molecule has 1 aliphatic carbocycles. The Morgan fingerprint density at radius 1 is 1.11 bits per heavy atom. The number of piperidine rings is 1. The second-order valence-corrected chi connectivity index (χ2v) is 11.4. The van der Waals surface area contributed by atoms with Gasteiger partial charge in [0.05, 0.1) is 17.8 Å². The molecule has 1 saturated carbocycles. The van der Waals surface area contributed by atoms with E-state index in [-0.39, 0.29) is 24.2 Å². The lowest BCUT2D eigenvalue weighted by Crippen LogP contribution is -2.57. The third-order valence-corrected chi connectivity index (χ3v) is 8.20. The Labute approximate surface area is 217 Å². The zero-order valence-electron chi connectivity index (χ0n) is 21.8. The Bertz CT molecular complexity index is 1160. The van der Waals surface area contributed by atoms with E-state index in [4.69, 9.17) is 11.5 Å². The number of rotatable bonds is 8. The SMILES string of the molecule is CC(C)(N)C(=O)N1CCN(c2ccn(-c3ccc(CCN4CC5C(C4)C5C(N)CO)cc3)c(=O)n2)CC1. The van der Waals surface area contributed by atoms with E-state index in [0.717, 1.165) is 31.7 Å². The van der Waals surface area contributed by atoms with E-state index in [0.29, 0.717) is 49.8 Å². The van der Waals surface area contributed by atoms with Crippen LogP contribution in [0, 0.1) is 17.8 Å². The maximum atomic E-state index is 12.8. The molecule has 1 aromatic heterocycles. The second kappa shape index (κ2) is 10.2. The number of amides is 1. The molecule has 3 aliphatic rings. The van der Waals surface area contributed by atoms with Crippen molar-refractivity contribution in [2.24, 2.45) is 29.2 Å². The molecule has 2 aliphatic heterocycles. The van der Waals surface area contributed by atoms with Gasteiger partial charge in [-0.1, -0.05) is 12.1 Å². The number of nitrogens with two attached hydrogens (primary N) is 2. The van der Waals surface area contributed by atoms with E-state index in [1.165, 1.54) is 5.56 Å². The summed E-state index contributed by atoms with van der Waals surface area (Å²) in [5.74, 6) is 2.36. The average molecular weight is 510 g/mol. The van der Waals surface area contributed by atoms with E-state index < -0.39 is 5.54 Å². The third-order valence-electron chi connectivity index (χ3n) is 8.20. The first-order valence-electron chi connectivity index (χ1n) is 13.3. The number of hydrogen-bond acceptors (Lipinski definition) is 8. The van der Waals surface area contributed by atoms with Crippen LogP contribution in [0.15, 0.2) is 41.3 Å². The Balaban J connectivity index is 1.13. The van der Waals surface area contributed by atoms with Crippen LogP contribution in [-0.4, -0.2) is 94.4 Å². The van der Waals surface area contributed by atoms with Gasteiger partial charge in [-0.25, -0.2) is 4.79 Å². The molecule has 2 aromatic rings. The van der Waals surface area contributed by atoms with Crippen LogP contribution in [0.3, 0.4) is 0 Å². The summed E-state index contributed by atoms with van der Waals surface area (Å²) in [6.07, 6.45) is 2.72. The fourth-order valence-corrected chi connectivity index (χ4v) is 6.02. The van der Waals surface area contributed by atoms with Gasteiger partial charge in [0.2, 0.25) is 5.91 Å². The summed E-state index contributed by atoms with van der Waals surface area (Å²) in [6.45, 7) is 9.01. The van der Waals surface area contributed by atoms with Crippen molar-refractivity contribution in [1.82, 2.24) is 19.4 Å². The first-order chi connectivity index (χ1) is 17.7. The minimum atomic E-state index is -0.885. The van der Waals surface area contributed by atoms with Crippen molar-refractivity contribution in [3.8, 4) is 5.69 Å². The summed E-state index contributed by atoms with van der Waals surface area (Å²) in [7, 11) is 0. The number of carbonyl (C=O) groups excluding carboxylic acids is 1. The maximum Gasteiger partial charge on any atom is 0.354 e. The van der Waals surface area contributed by atoms with Crippen molar-refractivity contribution in [3.05, 3.63) is 52.6 Å². The summed E-state index contributed by atoms with van der Waals surface area (Å²) >= 11 is 0. The molecule has 1 aromatic carbocycles. The van der Waals surface area contributed by atoms with E-state index >= 15 is 0 Å². The highest BCUT2D eigenvalue weighted by atomic mass is 16.3. The number of aromatic nitrogens is 2. The first kappa shape index (κ1) is 25.8. The number of hydrogen-bond donors (Lipinski definition) is 3. The number of anilines is 1. The van der Waals surface area contributed by atoms with Crippen molar-refractivity contribution in [2.45, 2.75) is 31.8 Å². The number of aliphatic hydroxyl groups is 1. The third kappa shape index (κ3) is 5.43. The fourth-order valence-electron chi connectivity index (χ4n) is 6.02. The standard InChI is InChI=1S/C27H39N7O3/c1-27(2,29)25(36)33-13-11-32(12-14-33)23-8-10-34(26(37)30-23)19-5-3-18(4-6-19)7-9-31-15-20-21(16-31)24(20)22(28)17-35/h3-6,8,10,20-22,24,35H,7,9,11-17,28-29H2,1-2H3. The lowest BCUT2D eigenvalue weighted by molar-refractivity contribution is -0.136. The molecule has 10 nitrogen and oxygen atoms in total. The molecule has 0 radical (unpaired) electrons. The molecule has 0 spiro atoms.